The minimum atomic E-state index is -0.946. The number of rotatable bonds is 8. The zero-order valence-corrected chi connectivity index (χ0v) is 17.2. The number of tetrazole rings is 1. The zero-order valence-electron chi connectivity index (χ0n) is 17.2. The second kappa shape index (κ2) is 9.97. The molecule has 1 heterocycles. The molecule has 0 unspecified atom stereocenters. The van der Waals surface area contributed by atoms with Gasteiger partial charge in [-0.15, -0.1) is 5.10 Å². The van der Waals surface area contributed by atoms with E-state index in [2.05, 4.69) is 32.6 Å². The van der Waals surface area contributed by atoms with E-state index < -0.39 is 23.6 Å². The van der Waals surface area contributed by atoms with Gasteiger partial charge in [0.1, 0.15) is 5.70 Å². The third-order valence-corrected chi connectivity index (χ3v) is 4.07. The summed E-state index contributed by atoms with van der Waals surface area (Å²) in [5.74, 6) is -1.70. The lowest BCUT2D eigenvalue weighted by Crippen LogP contribution is -2.35. The van der Waals surface area contributed by atoms with Gasteiger partial charge >= 0.3 is 0 Å². The third kappa shape index (κ3) is 5.41. The van der Waals surface area contributed by atoms with Gasteiger partial charge in [-0.05, 0) is 49.2 Å². The largest absolute Gasteiger partial charge is 0.394 e. The lowest BCUT2D eigenvalue weighted by molar-refractivity contribution is 0.0922. The molecule has 0 aliphatic rings. The van der Waals surface area contributed by atoms with Crippen LogP contribution in [0, 0.1) is 0 Å². The van der Waals surface area contributed by atoms with Crippen molar-refractivity contribution in [2.24, 2.45) is 4.99 Å². The number of nitrogens with zero attached hydrogens (tertiary/aromatic N) is 5. The molecule has 0 aliphatic heterocycles. The highest BCUT2D eigenvalue weighted by Crippen LogP contribution is 2.27. The summed E-state index contributed by atoms with van der Waals surface area (Å²) in [6.45, 7) is 9.63. The molecule has 8 nitrogen and oxygen atoms in total. The van der Waals surface area contributed by atoms with E-state index in [1.54, 1.807) is 6.92 Å². The van der Waals surface area contributed by atoms with Crippen LogP contribution < -0.4 is 5.32 Å². The lowest BCUT2D eigenvalue weighted by atomic mass is 10.0. The molecule has 0 fully saturated rings. The summed E-state index contributed by atoms with van der Waals surface area (Å²) in [4.78, 5) is 16.3. The third-order valence-electron chi connectivity index (χ3n) is 4.07. The van der Waals surface area contributed by atoms with Gasteiger partial charge in [-0.1, -0.05) is 13.8 Å². The molecule has 30 heavy (non-hydrogen) atoms. The molecule has 10 heteroatoms. The van der Waals surface area contributed by atoms with E-state index in [1.165, 1.54) is 22.9 Å². The Kier molecular flexibility index (Phi) is 7.65. The van der Waals surface area contributed by atoms with Gasteiger partial charge in [0.15, 0.2) is 11.7 Å². The Morgan fingerprint density at radius 2 is 1.97 bits per heavy atom. The fourth-order valence-corrected chi connectivity index (χ4v) is 2.64. The number of carbonyl (C=O) groups is 1. The number of aromatic nitrogens is 4. The van der Waals surface area contributed by atoms with Crippen LogP contribution in [-0.2, 0) is 0 Å². The Bertz CT molecular complexity index is 993. The first-order chi connectivity index (χ1) is 14.2. The number of aliphatic hydroxyl groups excluding tert-OH is 1. The maximum Gasteiger partial charge on any atom is 0.251 e. The van der Waals surface area contributed by atoms with E-state index in [4.69, 9.17) is 0 Å². The lowest BCUT2D eigenvalue weighted by Gasteiger charge is -2.14. The molecule has 0 spiro atoms. The van der Waals surface area contributed by atoms with Crippen LogP contribution in [0.15, 0.2) is 40.9 Å². The number of hydrogen-bond acceptors (Lipinski definition) is 6. The van der Waals surface area contributed by atoms with Crippen molar-refractivity contribution < 1.29 is 18.7 Å². The fourth-order valence-electron chi connectivity index (χ4n) is 2.64. The van der Waals surface area contributed by atoms with E-state index in [0.717, 1.165) is 6.92 Å². The molecule has 1 aromatic carbocycles. The summed E-state index contributed by atoms with van der Waals surface area (Å²) in [7, 11) is 0. The van der Waals surface area contributed by atoms with E-state index in [0.29, 0.717) is 17.6 Å². The molecular weight excluding hydrogens is 394 g/mol. The smallest absolute Gasteiger partial charge is 0.251 e. The van der Waals surface area contributed by atoms with Crippen molar-refractivity contribution in [3.63, 3.8) is 0 Å². The van der Waals surface area contributed by atoms with Crippen molar-refractivity contribution >= 4 is 18.3 Å². The molecule has 1 atom stereocenters. The summed E-state index contributed by atoms with van der Waals surface area (Å²) in [6.07, 6.45) is 0.681. The summed E-state index contributed by atoms with van der Waals surface area (Å²) < 4.78 is 29.2. The van der Waals surface area contributed by atoms with Crippen molar-refractivity contribution in [3.05, 3.63) is 52.9 Å². The molecule has 1 aromatic heterocycles. The molecule has 2 N–H and O–H groups in total. The summed E-state index contributed by atoms with van der Waals surface area (Å²) in [6, 6.07) is 3.96. The van der Waals surface area contributed by atoms with Gasteiger partial charge in [0.25, 0.3) is 5.91 Å². The molecule has 0 bridgehead atoms. The molecule has 2 rings (SSSR count). The van der Waals surface area contributed by atoms with Crippen LogP contribution in [0.25, 0.3) is 11.4 Å². The summed E-state index contributed by atoms with van der Waals surface area (Å²) in [5, 5.41) is 23.4. The zero-order chi connectivity index (χ0) is 22.4. The van der Waals surface area contributed by atoms with Crippen LogP contribution in [0.1, 0.15) is 55.4 Å². The molecule has 0 saturated carbocycles. The Morgan fingerprint density at radius 1 is 1.30 bits per heavy atom. The number of amides is 1. The van der Waals surface area contributed by atoms with Crippen molar-refractivity contribution in [2.75, 3.05) is 6.61 Å². The highest BCUT2D eigenvalue weighted by atomic mass is 19.1. The van der Waals surface area contributed by atoms with E-state index in [-0.39, 0.29) is 29.3 Å². The van der Waals surface area contributed by atoms with Gasteiger partial charge in [-0.3, -0.25) is 9.79 Å². The number of allylic oxidation sites excluding steroid dienone is 3. The van der Waals surface area contributed by atoms with Gasteiger partial charge in [-0.25, -0.2) is 8.78 Å². The average Bonchev–Trinajstić information content (AvgIpc) is 3.18. The predicted molar refractivity (Wildman–Crippen MR) is 110 cm³/mol. The Morgan fingerprint density at radius 3 is 2.53 bits per heavy atom. The van der Waals surface area contributed by atoms with Crippen LogP contribution in [0.5, 0.6) is 0 Å². The maximum atomic E-state index is 14.5. The van der Waals surface area contributed by atoms with Gasteiger partial charge in [0.2, 0.25) is 0 Å². The topological polar surface area (TPSA) is 105 Å². The number of carbonyl (C=O) groups excluding carboxylic acids is 1. The Hall–Kier alpha value is -3.27. The second-order valence-corrected chi connectivity index (χ2v) is 7.01. The van der Waals surface area contributed by atoms with Crippen LogP contribution in [-0.4, -0.2) is 50.6 Å². The molecule has 1 amide bonds. The summed E-state index contributed by atoms with van der Waals surface area (Å²) >= 11 is 0. The van der Waals surface area contributed by atoms with Crippen LogP contribution in [0.3, 0.4) is 0 Å². The minimum absolute atomic E-state index is 0.0308. The average molecular weight is 418 g/mol. The first kappa shape index (κ1) is 23.0. The van der Waals surface area contributed by atoms with Gasteiger partial charge in [0.05, 0.1) is 18.1 Å². The number of halogens is 2. The minimum Gasteiger partial charge on any atom is -0.394 e. The molecule has 0 saturated heterocycles. The van der Waals surface area contributed by atoms with Crippen LogP contribution in [0.2, 0.25) is 0 Å². The van der Waals surface area contributed by atoms with Crippen molar-refractivity contribution in [1.82, 2.24) is 25.5 Å². The molecular formula is C20H24F2N6O2. The first-order valence-corrected chi connectivity index (χ1v) is 9.24. The highest BCUT2D eigenvalue weighted by Gasteiger charge is 2.18. The van der Waals surface area contributed by atoms with Crippen molar-refractivity contribution in [1.29, 1.82) is 0 Å². The predicted octanol–water partition coefficient (Wildman–Crippen LogP) is 3.11. The highest BCUT2D eigenvalue weighted by molar-refractivity contribution is 5.96. The summed E-state index contributed by atoms with van der Waals surface area (Å²) in [5.41, 5.74) is 0.489. The van der Waals surface area contributed by atoms with E-state index >= 15 is 0 Å². The normalized spacial score (nSPS) is 13.8. The number of benzene rings is 1. The van der Waals surface area contributed by atoms with E-state index in [9.17, 15) is 18.7 Å². The Labute approximate surface area is 173 Å². The number of aliphatic imine (C=N–C) groups is 1. The standard InChI is InChI=1S/C20H24F2N6O2/c1-11(2)19-25-26-27-28(19)16-8-14(18(23-5)17(22)6-12(3)21)7-15(9-16)20(30)24-13(4)10-29/h6-9,11,13,29H,5,10H2,1-4H3,(H,24,30)/b12-6+,18-17+/t13-/m0/s1. The molecule has 0 aliphatic carbocycles. The number of hydrogen-bond donors (Lipinski definition) is 2. The number of nitrogens with one attached hydrogen (secondary N) is 1. The maximum absolute atomic E-state index is 14.5. The first-order valence-electron chi connectivity index (χ1n) is 9.24. The molecule has 160 valence electrons. The fraction of sp³-hybridized carbons (Fsp3) is 0.350. The van der Waals surface area contributed by atoms with E-state index in [1.807, 2.05) is 13.8 Å². The quantitative estimate of drug-likeness (QED) is 0.506. The van der Waals surface area contributed by atoms with Crippen LogP contribution >= 0.6 is 0 Å². The number of aliphatic hydroxyl groups is 1. The van der Waals surface area contributed by atoms with Crippen molar-refractivity contribution in [2.45, 2.75) is 39.7 Å². The monoisotopic (exact) mass is 418 g/mol. The molecule has 2 aromatic rings. The van der Waals surface area contributed by atoms with Gasteiger partial charge < -0.3 is 10.4 Å². The van der Waals surface area contributed by atoms with Gasteiger partial charge in [0, 0.05) is 29.2 Å². The van der Waals surface area contributed by atoms with Crippen LogP contribution in [0.4, 0.5) is 8.78 Å². The van der Waals surface area contributed by atoms with Gasteiger partial charge in [-0.2, -0.15) is 4.68 Å². The van der Waals surface area contributed by atoms with Crippen molar-refractivity contribution in [3.8, 4) is 5.69 Å². The Balaban J connectivity index is 2.72. The molecule has 0 radical (unpaired) electrons. The second-order valence-electron chi connectivity index (χ2n) is 7.01. The SMILES string of the molecule is C=N/C(=C(F)\C=C(/C)F)c1cc(C(=O)N[C@@H](C)CO)cc(-n2nnnc2C(C)C)c1.